The van der Waals surface area contributed by atoms with E-state index in [4.69, 9.17) is 5.11 Å². The number of nitrogens with one attached hydrogen (secondary N) is 1. The molecule has 0 saturated carbocycles. The van der Waals surface area contributed by atoms with Crippen LogP contribution in [0, 0.1) is 20.8 Å². The molecule has 2 heterocycles. The van der Waals surface area contributed by atoms with Crippen LogP contribution in [-0.4, -0.2) is 27.0 Å². The molecule has 6 nitrogen and oxygen atoms in total. The lowest BCUT2D eigenvalue weighted by Gasteiger charge is -2.23. The third-order valence-electron chi connectivity index (χ3n) is 3.54. The largest absolute Gasteiger partial charge is 0.478 e. The van der Waals surface area contributed by atoms with Crippen molar-refractivity contribution in [3.8, 4) is 0 Å². The van der Waals surface area contributed by atoms with E-state index in [1.54, 1.807) is 18.3 Å². The fourth-order valence-corrected chi connectivity index (χ4v) is 3.03. The molecule has 0 aromatic carbocycles. The van der Waals surface area contributed by atoms with E-state index in [9.17, 15) is 9.59 Å². The summed E-state index contributed by atoms with van der Waals surface area (Å²) in [5, 5.41) is 12.7. The third-order valence-corrected chi connectivity index (χ3v) is 4.93. The SMILES string of the molecule is Cc1nc(C(=O)NC(C)(C)c2nc(C)c(C)s2)ccc1C(=O)O. The van der Waals surface area contributed by atoms with Gasteiger partial charge in [0.05, 0.1) is 22.5 Å². The fraction of sp³-hybridized carbons (Fsp3) is 0.375. The van der Waals surface area contributed by atoms with Crippen LogP contribution in [0.5, 0.6) is 0 Å². The maximum absolute atomic E-state index is 12.4. The van der Waals surface area contributed by atoms with Crippen LogP contribution in [0.4, 0.5) is 0 Å². The van der Waals surface area contributed by atoms with Gasteiger partial charge in [-0.1, -0.05) is 0 Å². The van der Waals surface area contributed by atoms with Gasteiger partial charge in [-0.25, -0.2) is 14.8 Å². The lowest BCUT2D eigenvalue weighted by molar-refractivity contribution is 0.0694. The molecular weight excluding hydrogens is 314 g/mol. The van der Waals surface area contributed by atoms with Crippen molar-refractivity contribution in [2.75, 3.05) is 0 Å². The lowest BCUT2D eigenvalue weighted by atomic mass is 10.1. The van der Waals surface area contributed by atoms with Crippen molar-refractivity contribution in [1.29, 1.82) is 0 Å². The van der Waals surface area contributed by atoms with Crippen molar-refractivity contribution in [3.05, 3.63) is 44.7 Å². The molecule has 0 bridgehead atoms. The normalized spacial score (nSPS) is 11.3. The summed E-state index contributed by atoms with van der Waals surface area (Å²) in [4.78, 5) is 33.1. The first kappa shape index (κ1) is 17.1. The number of nitrogens with zero attached hydrogens (tertiary/aromatic N) is 2. The highest BCUT2D eigenvalue weighted by Gasteiger charge is 2.28. The lowest BCUT2D eigenvalue weighted by Crippen LogP contribution is -2.41. The minimum atomic E-state index is -1.06. The summed E-state index contributed by atoms with van der Waals surface area (Å²) >= 11 is 1.54. The van der Waals surface area contributed by atoms with E-state index in [2.05, 4.69) is 15.3 Å². The van der Waals surface area contributed by atoms with Gasteiger partial charge in [0, 0.05) is 4.88 Å². The van der Waals surface area contributed by atoms with Gasteiger partial charge in [-0.15, -0.1) is 11.3 Å². The van der Waals surface area contributed by atoms with E-state index in [1.165, 1.54) is 12.1 Å². The molecule has 0 aliphatic heterocycles. The predicted octanol–water partition coefficient (Wildman–Crippen LogP) is 2.83. The number of pyridine rings is 1. The zero-order valence-corrected chi connectivity index (χ0v) is 14.5. The van der Waals surface area contributed by atoms with E-state index >= 15 is 0 Å². The monoisotopic (exact) mass is 333 g/mol. The smallest absolute Gasteiger partial charge is 0.337 e. The van der Waals surface area contributed by atoms with Crippen LogP contribution in [0.1, 0.15) is 56.0 Å². The Morgan fingerprint density at radius 3 is 2.26 bits per heavy atom. The molecule has 0 spiro atoms. The van der Waals surface area contributed by atoms with E-state index in [1.807, 2.05) is 27.7 Å². The molecule has 0 unspecified atom stereocenters. The second-order valence-corrected chi connectivity index (χ2v) is 7.08. The molecule has 2 aromatic rings. The number of rotatable bonds is 4. The Morgan fingerprint density at radius 1 is 1.13 bits per heavy atom. The van der Waals surface area contributed by atoms with E-state index in [-0.39, 0.29) is 17.2 Å². The molecule has 0 radical (unpaired) electrons. The summed E-state index contributed by atoms with van der Waals surface area (Å²) in [5.74, 6) is -1.42. The number of aromatic nitrogens is 2. The van der Waals surface area contributed by atoms with Crippen LogP contribution in [0.2, 0.25) is 0 Å². The summed E-state index contributed by atoms with van der Waals surface area (Å²) in [6, 6.07) is 2.81. The highest BCUT2D eigenvalue weighted by atomic mass is 32.1. The van der Waals surface area contributed by atoms with Crippen LogP contribution in [0.3, 0.4) is 0 Å². The van der Waals surface area contributed by atoms with Gasteiger partial charge in [0.2, 0.25) is 0 Å². The van der Waals surface area contributed by atoms with Gasteiger partial charge >= 0.3 is 5.97 Å². The highest BCUT2D eigenvalue weighted by Crippen LogP contribution is 2.27. The first-order chi connectivity index (χ1) is 10.6. The average molecular weight is 333 g/mol. The third kappa shape index (κ3) is 3.56. The fourth-order valence-electron chi connectivity index (χ4n) is 2.05. The molecular formula is C16H19N3O3S. The van der Waals surface area contributed by atoms with Gasteiger partial charge in [0.15, 0.2) is 0 Å². The first-order valence-electron chi connectivity index (χ1n) is 7.10. The second kappa shape index (κ2) is 6.08. The van der Waals surface area contributed by atoms with E-state index in [0.717, 1.165) is 15.6 Å². The van der Waals surface area contributed by atoms with Gasteiger partial charge in [-0.2, -0.15) is 0 Å². The highest BCUT2D eigenvalue weighted by molar-refractivity contribution is 7.11. The maximum atomic E-state index is 12.4. The van der Waals surface area contributed by atoms with Crippen molar-refractivity contribution < 1.29 is 14.7 Å². The molecule has 2 rings (SSSR count). The Kier molecular flexibility index (Phi) is 4.51. The number of aryl methyl sites for hydroxylation is 3. The van der Waals surface area contributed by atoms with Crippen LogP contribution in [0.25, 0.3) is 0 Å². The zero-order chi connectivity index (χ0) is 17.4. The Morgan fingerprint density at radius 2 is 1.78 bits per heavy atom. The summed E-state index contributed by atoms with van der Waals surface area (Å²) < 4.78 is 0. The van der Waals surface area contributed by atoms with Gasteiger partial charge in [0.25, 0.3) is 5.91 Å². The van der Waals surface area contributed by atoms with Crippen LogP contribution in [0.15, 0.2) is 12.1 Å². The standard InChI is InChI=1S/C16H19N3O3S/c1-8-10(3)23-15(18-8)16(4,5)19-13(20)12-7-6-11(14(21)22)9(2)17-12/h6-7H,1-5H3,(H,19,20)(H,21,22). The number of carbonyl (C=O) groups is 2. The number of hydrogen-bond donors (Lipinski definition) is 2. The topological polar surface area (TPSA) is 92.2 Å². The zero-order valence-electron chi connectivity index (χ0n) is 13.7. The Bertz CT molecular complexity index is 761. The number of hydrogen-bond acceptors (Lipinski definition) is 5. The number of thiazole rings is 1. The molecule has 2 N–H and O–H groups in total. The maximum Gasteiger partial charge on any atom is 0.337 e. The molecule has 0 saturated heterocycles. The minimum absolute atomic E-state index is 0.0898. The van der Waals surface area contributed by atoms with Crippen molar-refractivity contribution >= 4 is 23.2 Å². The predicted molar refractivity (Wildman–Crippen MR) is 88.0 cm³/mol. The number of carbonyl (C=O) groups excluding carboxylic acids is 1. The number of amides is 1. The summed E-state index contributed by atoms with van der Waals surface area (Å²) in [6.07, 6.45) is 0. The average Bonchev–Trinajstić information content (AvgIpc) is 2.78. The molecule has 7 heteroatoms. The first-order valence-corrected chi connectivity index (χ1v) is 7.91. The van der Waals surface area contributed by atoms with Crippen molar-refractivity contribution in [1.82, 2.24) is 15.3 Å². The molecule has 23 heavy (non-hydrogen) atoms. The van der Waals surface area contributed by atoms with Gasteiger partial charge < -0.3 is 10.4 Å². The summed E-state index contributed by atoms with van der Waals surface area (Å²) in [6.45, 7) is 9.24. The van der Waals surface area contributed by atoms with Crippen LogP contribution < -0.4 is 5.32 Å². The summed E-state index contributed by atoms with van der Waals surface area (Å²) in [7, 11) is 0. The molecule has 1 amide bonds. The summed E-state index contributed by atoms with van der Waals surface area (Å²) in [5.41, 5.74) is 0.899. The Hall–Kier alpha value is -2.28. The number of carboxylic acid groups (broad SMARTS) is 1. The molecule has 0 aliphatic carbocycles. The number of aromatic carboxylic acids is 1. The van der Waals surface area contributed by atoms with Gasteiger partial charge in [-0.05, 0) is 46.8 Å². The Labute approximate surface area is 138 Å². The van der Waals surface area contributed by atoms with E-state index in [0.29, 0.717) is 5.69 Å². The quantitative estimate of drug-likeness (QED) is 0.897. The number of carboxylic acids is 1. The molecule has 122 valence electrons. The van der Waals surface area contributed by atoms with Crippen molar-refractivity contribution in [2.24, 2.45) is 0 Å². The van der Waals surface area contributed by atoms with E-state index < -0.39 is 11.5 Å². The van der Waals surface area contributed by atoms with Gasteiger partial charge in [0.1, 0.15) is 10.7 Å². The minimum Gasteiger partial charge on any atom is -0.478 e. The van der Waals surface area contributed by atoms with Crippen molar-refractivity contribution in [3.63, 3.8) is 0 Å². The molecule has 0 atom stereocenters. The van der Waals surface area contributed by atoms with Crippen molar-refractivity contribution in [2.45, 2.75) is 40.2 Å². The van der Waals surface area contributed by atoms with Crippen LogP contribution >= 0.6 is 11.3 Å². The molecule has 2 aromatic heterocycles. The Balaban J connectivity index is 2.24. The molecule has 0 fully saturated rings. The van der Waals surface area contributed by atoms with Crippen LogP contribution in [-0.2, 0) is 5.54 Å². The van der Waals surface area contributed by atoms with Gasteiger partial charge in [-0.3, -0.25) is 4.79 Å². The molecule has 0 aliphatic rings. The second-order valence-electron chi connectivity index (χ2n) is 5.87.